The topological polar surface area (TPSA) is 38.7 Å². The van der Waals surface area contributed by atoms with E-state index in [0.29, 0.717) is 6.61 Å². The van der Waals surface area contributed by atoms with Gasteiger partial charge in [0, 0.05) is 11.1 Å². The zero-order chi connectivity index (χ0) is 27.1. The molecule has 0 bridgehead atoms. The van der Waals surface area contributed by atoms with E-state index in [0.717, 1.165) is 36.1 Å². The molecule has 2 rings (SSSR count). The summed E-state index contributed by atoms with van der Waals surface area (Å²) >= 11 is 0. The number of rotatable bonds is 22. The van der Waals surface area contributed by atoms with Crippen molar-refractivity contribution in [3.05, 3.63) is 71.8 Å². The lowest BCUT2D eigenvalue weighted by Gasteiger charge is -2.15. The lowest BCUT2D eigenvalue weighted by Crippen LogP contribution is -2.24. The maximum absolute atomic E-state index is 12.8. The fourth-order valence-corrected chi connectivity index (χ4v) is 5.02. The maximum Gasteiger partial charge on any atom is 0.330 e. The summed E-state index contributed by atoms with van der Waals surface area (Å²) < 4.78 is 5.41. The van der Waals surface area contributed by atoms with Gasteiger partial charge in [-0.1, -0.05) is 170 Å². The first-order valence-corrected chi connectivity index (χ1v) is 15.6. The van der Waals surface area contributed by atoms with E-state index < -0.39 is 6.04 Å². The van der Waals surface area contributed by atoms with Gasteiger partial charge in [0.2, 0.25) is 0 Å². The lowest BCUT2D eigenvalue weighted by atomic mass is 10.0. The van der Waals surface area contributed by atoms with Gasteiger partial charge in [-0.2, -0.15) is 0 Å². The van der Waals surface area contributed by atoms with Gasteiger partial charge in [0.1, 0.15) is 6.04 Å². The van der Waals surface area contributed by atoms with Gasteiger partial charge < -0.3 is 4.74 Å². The first-order chi connectivity index (χ1) is 18.8. The van der Waals surface area contributed by atoms with Crippen molar-refractivity contribution >= 4 is 11.7 Å². The van der Waals surface area contributed by atoms with E-state index >= 15 is 0 Å². The third-order valence-electron chi connectivity index (χ3n) is 7.27. The number of hydrogen-bond acceptors (Lipinski definition) is 3. The largest absolute Gasteiger partial charge is 0.464 e. The molecule has 1 unspecified atom stereocenters. The number of ether oxygens (including phenoxy) is 1. The summed E-state index contributed by atoms with van der Waals surface area (Å²) in [5, 5.41) is 0. The van der Waals surface area contributed by atoms with Crippen LogP contribution in [0.2, 0.25) is 0 Å². The molecule has 0 saturated carbocycles. The summed E-state index contributed by atoms with van der Waals surface area (Å²) in [6.45, 7) is 4.53. The van der Waals surface area contributed by atoms with Gasteiger partial charge in [0.15, 0.2) is 0 Å². The Morgan fingerprint density at radius 1 is 0.605 bits per heavy atom. The molecule has 2 aromatic carbocycles. The quantitative estimate of drug-likeness (QED) is 0.0881. The summed E-state index contributed by atoms with van der Waals surface area (Å²) in [4.78, 5) is 17.8. The predicted octanol–water partition coefficient (Wildman–Crippen LogP) is 10.1. The minimum absolute atomic E-state index is 0.210. The third-order valence-corrected chi connectivity index (χ3v) is 7.27. The van der Waals surface area contributed by atoms with Gasteiger partial charge in [-0.25, -0.2) is 4.79 Å². The Labute approximate surface area is 233 Å². The molecule has 0 heterocycles. The molecule has 0 aliphatic carbocycles. The van der Waals surface area contributed by atoms with Crippen LogP contribution in [0, 0.1) is 0 Å². The van der Waals surface area contributed by atoms with E-state index in [9.17, 15) is 4.79 Å². The molecule has 38 heavy (non-hydrogen) atoms. The molecule has 0 N–H and O–H groups in total. The fourth-order valence-electron chi connectivity index (χ4n) is 5.02. The van der Waals surface area contributed by atoms with E-state index in [1.165, 1.54) is 89.9 Å². The summed E-state index contributed by atoms with van der Waals surface area (Å²) in [6, 6.07) is 19.8. The second-order valence-corrected chi connectivity index (χ2v) is 10.6. The fraction of sp³-hybridized carbons (Fsp3) is 0.600. The van der Waals surface area contributed by atoms with Crippen LogP contribution in [0.1, 0.15) is 134 Å². The summed E-state index contributed by atoms with van der Waals surface area (Å²) in [7, 11) is 0. The zero-order valence-corrected chi connectivity index (χ0v) is 24.3. The number of carbonyl (C=O) groups is 1. The molecule has 3 heteroatoms. The second-order valence-electron chi connectivity index (χ2n) is 10.6. The van der Waals surface area contributed by atoms with Gasteiger partial charge >= 0.3 is 5.97 Å². The van der Waals surface area contributed by atoms with Crippen molar-refractivity contribution in [2.75, 3.05) is 6.61 Å². The summed E-state index contributed by atoms with van der Waals surface area (Å²) in [6.07, 6.45) is 22.2. The molecule has 0 aliphatic rings. The van der Waals surface area contributed by atoms with Crippen LogP contribution in [0.4, 0.5) is 0 Å². The standard InChI is InChI=1S/C35H53NO2/c1-3-5-6-7-8-9-10-11-12-13-14-15-16-17-18-25-30-33(35(37)38-4-2)36-34(31-26-21-19-22-27-31)32-28-23-20-24-29-32/h19-24,26-29,33H,3-18,25,30H2,1-2H3. The van der Waals surface area contributed by atoms with Crippen molar-refractivity contribution in [1.29, 1.82) is 0 Å². The molecule has 0 saturated heterocycles. The van der Waals surface area contributed by atoms with Crippen LogP contribution in [-0.2, 0) is 9.53 Å². The Kier molecular flexibility index (Phi) is 18.0. The molecule has 1 atom stereocenters. The van der Waals surface area contributed by atoms with E-state index in [1.807, 2.05) is 43.3 Å². The molecule has 0 aromatic heterocycles. The van der Waals surface area contributed by atoms with Gasteiger partial charge in [0.05, 0.1) is 12.3 Å². The molecule has 0 spiro atoms. The average molecular weight is 520 g/mol. The monoisotopic (exact) mass is 519 g/mol. The molecule has 0 fully saturated rings. The van der Waals surface area contributed by atoms with E-state index in [4.69, 9.17) is 9.73 Å². The molecule has 0 aliphatic heterocycles. The van der Waals surface area contributed by atoms with Crippen LogP contribution < -0.4 is 0 Å². The van der Waals surface area contributed by atoms with Crippen molar-refractivity contribution in [2.24, 2.45) is 4.99 Å². The minimum Gasteiger partial charge on any atom is -0.464 e. The molecule has 210 valence electrons. The van der Waals surface area contributed by atoms with Crippen LogP contribution in [-0.4, -0.2) is 24.3 Å². The van der Waals surface area contributed by atoms with Gasteiger partial charge in [-0.3, -0.25) is 4.99 Å². The van der Waals surface area contributed by atoms with Crippen molar-refractivity contribution in [3.8, 4) is 0 Å². The van der Waals surface area contributed by atoms with Crippen molar-refractivity contribution < 1.29 is 9.53 Å². The Morgan fingerprint density at radius 2 is 1.00 bits per heavy atom. The molecular formula is C35H53NO2. The van der Waals surface area contributed by atoms with Crippen LogP contribution in [0.5, 0.6) is 0 Å². The number of benzene rings is 2. The Balaban J connectivity index is 1.70. The molecule has 3 nitrogen and oxygen atoms in total. The predicted molar refractivity (Wildman–Crippen MR) is 163 cm³/mol. The van der Waals surface area contributed by atoms with Gasteiger partial charge in [0.25, 0.3) is 0 Å². The third kappa shape index (κ3) is 13.9. The van der Waals surface area contributed by atoms with Crippen LogP contribution >= 0.6 is 0 Å². The Hall–Kier alpha value is -2.42. The van der Waals surface area contributed by atoms with E-state index in [-0.39, 0.29) is 5.97 Å². The SMILES string of the molecule is CCCCCCCCCCCCCCCCCCC(N=C(c1ccccc1)c1ccccc1)C(=O)OCC. The Bertz CT molecular complexity index is 821. The molecule has 0 amide bonds. The normalized spacial score (nSPS) is 11.7. The van der Waals surface area contributed by atoms with Crippen molar-refractivity contribution in [1.82, 2.24) is 0 Å². The van der Waals surface area contributed by atoms with Crippen LogP contribution in [0.25, 0.3) is 0 Å². The minimum atomic E-state index is -0.461. The number of aliphatic imine (C=N–C) groups is 1. The van der Waals surface area contributed by atoms with Gasteiger partial charge in [-0.05, 0) is 13.3 Å². The lowest BCUT2D eigenvalue weighted by molar-refractivity contribution is -0.144. The van der Waals surface area contributed by atoms with Crippen LogP contribution in [0.15, 0.2) is 65.7 Å². The number of hydrogen-bond donors (Lipinski definition) is 0. The van der Waals surface area contributed by atoms with E-state index in [1.54, 1.807) is 0 Å². The Morgan fingerprint density at radius 3 is 1.39 bits per heavy atom. The van der Waals surface area contributed by atoms with Crippen molar-refractivity contribution in [3.63, 3.8) is 0 Å². The first-order valence-electron chi connectivity index (χ1n) is 15.6. The molecule has 0 radical (unpaired) electrons. The summed E-state index contributed by atoms with van der Waals surface area (Å²) in [5.41, 5.74) is 2.92. The first kappa shape index (κ1) is 31.8. The second kappa shape index (κ2) is 21.5. The van der Waals surface area contributed by atoms with Crippen LogP contribution in [0.3, 0.4) is 0 Å². The smallest absolute Gasteiger partial charge is 0.330 e. The average Bonchev–Trinajstić information content (AvgIpc) is 2.95. The van der Waals surface area contributed by atoms with Crippen molar-refractivity contribution in [2.45, 2.75) is 129 Å². The highest BCUT2D eigenvalue weighted by Gasteiger charge is 2.20. The molecular weight excluding hydrogens is 466 g/mol. The maximum atomic E-state index is 12.8. The summed E-state index contributed by atoms with van der Waals surface area (Å²) in [5.74, 6) is -0.210. The number of nitrogens with zero attached hydrogens (tertiary/aromatic N) is 1. The molecule has 2 aromatic rings. The highest BCUT2D eigenvalue weighted by Crippen LogP contribution is 2.18. The number of carbonyl (C=O) groups excluding carboxylic acids is 1. The van der Waals surface area contributed by atoms with E-state index in [2.05, 4.69) is 31.2 Å². The highest BCUT2D eigenvalue weighted by atomic mass is 16.5. The highest BCUT2D eigenvalue weighted by molar-refractivity contribution is 6.13. The number of unbranched alkanes of at least 4 members (excludes halogenated alkanes) is 15. The number of esters is 1. The van der Waals surface area contributed by atoms with Gasteiger partial charge in [-0.15, -0.1) is 0 Å². The zero-order valence-electron chi connectivity index (χ0n) is 24.3.